The van der Waals surface area contributed by atoms with Crippen LogP contribution in [-0.4, -0.2) is 42.6 Å². The molecule has 2 atom stereocenters. The number of benzene rings is 2. The summed E-state index contributed by atoms with van der Waals surface area (Å²) in [5.74, 6) is -1.51. The van der Waals surface area contributed by atoms with Gasteiger partial charge >= 0.3 is 5.97 Å². The number of phenolic OH excluding ortho intramolecular Hbond substituents is 3. The van der Waals surface area contributed by atoms with Gasteiger partial charge in [-0.2, -0.15) is 0 Å². The Hall–Kier alpha value is -3.09. The van der Waals surface area contributed by atoms with E-state index in [4.69, 9.17) is 14.2 Å². The van der Waals surface area contributed by atoms with E-state index in [1.54, 1.807) is 12.1 Å². The maximum Gasteiger partial charge on any atom is 0.309 e. The molecule has 3 N–H and O–H groups in total. The van der Waals surface area contributed by atoms with E-state index < -0.39 is 11.8 Å². The van der Waals surface area contributed by atoms with Crippen LogP contribution in [0.15, 0.2) is 24.3 Å². The molecule has 0 aliphatic heterocycles. The second kappa shape index (κ2) is 7.26. The highest BCUT2D eigenvalue weighted by Gasteiger charge is 2.38. The number of aromatic hydroxyl groups is 3. The number of phenols is 3. The summed E-state index contributed by atoms with van der Waals surface area (Å²) in [4.78, 5) is 12.4. The monoisotopic (exact) mass is 374 g/mol. The first-order valence-corrected chi connectivity index (χ1v) is 8.48. The van der Waals surface area contributed by atoms with Gasteiger partial charge in [-0.15, -0.1) is 0 Å². The van der Waals surface area contributed by atoms with Gasteiger partial charge in [0.25, 0.3) is 0 Å². The maximum atomic E-state index is 12.4. The average molecular weight is 374 g/mol. The summed E-state index contributed by atoms with van der Waals surface area (Å²) in [5, 5.41) is 30.0. The molecule has 27 heavy (non-hydrogen) atoms. The fraction of sp³-hybridized carbons (Fsp3) is 0.350. The molecule has 0 aromatic heterocycles. The number of methoxy groups -OCH3 is 3. The highest BCUT2D eigenvalue weighted by atomic mass is 16.5. The van der Waals surface area contributed by atoms with Crippen LogP contribution in [0.1, 0.15) is 29.0 Å². The van der Waals surface area contributed by atoms with Gasteiger partial charge in [0.05, 0.1) is 27.2 Å². The minimum absolute atomic E-state index is 0.136. The van der Waals surface area contributed by atoms with Crippen molar-refractivity contribution in [1.82, 2.24) is 0 Å². The van der Waals surface area contributed by atoms with Crippen LogP contribution in [0.2, 0.25) is 0 Å². The zero-order valence-electron chi connectivity index (χ0n) is 15.4. The summed E-state index contributed by atoms with van der Waals surface area (Å²) >= 11 is 0. The third kappa shape index (κ3) is 3.20. The Kier molecular flexibility index (Phi) is 5.03. The maximum absolute atomic E-state index is 12.4. The molecule has 0 heterocycles. The predicted octanol–water partition coefficient (Wildman–Crippen LogP) is 2.69. The van der Waals surface area contributed by atoms with Crippen LogP contribution in [0.5, 0.6) is 28.7 Å². The van der Waals surface area contributed by atoms with Crippen molar-refractivity contribution in [1.29, 1.82) is 0 Å². The van der Waals surface area contributed by atoms with Crippen LogP contribution < -0.4 is 9.47 Å². The van der Waals surface area contributed by atoms with E-state index in [1.165, 1.54) is 33.5 Å². The Bertz CT molecular complexity index is 850. The summed E-state index contributed by atoms with van der Waals surface area (Å²) in [6, 6.07) is 6.26. The zero-order valence-corrected chi connectivity index (χ0v) is 15.4. The number of carbonyl (C=O) groups is 1. The second-order valence-corrected chi connectivity index (χ2v) is 6.46. The molecule has 0 spiro atoms. The van der Waals surface area contributed by atoms with E-state index in [0.29, 0.717) is 24.0 Å². The van der Waals surface area contributed by atoms with Gasteiger partial charge in [0, 0.05) is 5.92 Å². The Labute approximate surface area is 156 Å². The lowest BCUT2D eigenvalue weighted by Crippen LogP contribution is -2.29. The number of rotatable bonds is 4. The van der Waals surface area contributed by atoms with Crippen LogP contribution in [0.4, 0.5) is 0 Å². The van der Waals surface area contributed by atoms with Crippen molar-refractivity contribution in [3.63, 3.8) is 0 Å². The predicted molar refractivity (Wildman–Crippen MR) is 96.7 cm³/mol. The smallest absolute Gasteiger partial charge is 0.309 e. The summed E-state index contributed by atoms with van der Waals surface area (Å²) in [6.07, 6.45) is 1.08. The first kappa shape index (κ1) is 18.7. The number of carbonyl (C=O) groups excluding carboxylic acids is 1. The van der Waals surface area contributed by atoms with Crippen molar-refractivity contribution in [2.24, 2.45) is 5.92 Å². The van der Waals surface area contributed by atoms with Gasteiger partial charge in [0.1, 0.15) is 0 Å². The quantitative estimate of drug-likeness (QED) is 0.558. The number of hydrogen-bond acceptors (Lipinski definition) is 7. The lowest BCUT2D eigenvalue weighted by molar-refractivity contribution is -0.146. The van der Waals surface area contributed by atoms with Gasteiger partial charge in [-0.05, 0) is 53.8 Å². The average Bonchev–Trinajstić information content (AvgIpc) is 2.67. The molecule has 0 radical (unpaired) electrons. The number of fused-ring (bicyclic) bond motifs is 1. The van der Waals surface area contributed by atoms with Crippen LogP contribution in [0.25, 0.3) is 0 Å². The zero-order chi connectivity index (χ0) is 19.7. The Balaban J connectivity index is 2.23. The fourth-order valence-corrected chi connectivity index (χ4v) is 3.75. The standard InChI is InChI=1S/C20H22O7/c1-25-16-7-11(8-17(26-2)19(16)23)18-12(20(24)27-3)5-4-10-6-14(21)15(22)9-13(10)18/h6-9,12,18,21-23H,4-5H2,1-3H3. The molecule has 1 aliphatic carbocycles. The largest absolute Gasteiger partial charge is 0.504 e. The molecular formula is C20H22O7. The molecule has 2 aromatic carbocycles. The molecule has 2 unspecified atom stereocenters. The molecule has 0 saturated heterocycles. The number of esters is 1. The van der Waals surface area contributed by atoms with Crippen molar-refractivity contribution in [3.05, 3.63) is 41.0 Å². The second-order valence-electron chi connectivity index (χ2n) is 6.46. The minimum Gasteiger partial charge on any atom is -0.504 e. The van der Waals surface area contributed by atoms with E-state index in [1.807, 2.05) is 0 Å². The fourth-order valence-electron chi connectivity index (χ4n) is 3.75. The van der Waals surface area contributed by atoms with Gasteiger partial charge in [0.2, 0.25) is 5.75 Å². The van der Waals surface area contributed by atoms with Gasteiger partial charge < -0.3 is 29.5 Å². The molecule has 7 nitrogen and oxygen atoms in total. The van der Waals surface area contributed by atoms with Gasteiger partial charge in [-0.3, -0.25) is 4.79 Å². The lowest BCUT2D eigenvalue weighted by Gasteiger charge is -2.33. The van der Waals surface area contributed by atoms with Crippen molar-refractivity contribution in [2.45, 2.75) is 18.8 Å². The minimum atomic E-state index is -0.495. The normalized spacial score (nSPS) is 18.5. The Morgan fingerprint density at radius 3 is 2.11 bits per heavy atom. The molecule has 2 aromatic rings. The molecule has 0 fully saturated rings. The lowest BCUT2D eigenvalue weighted by atomic mass is 9.71. The first-order chi connectivity index (χ1) is 12.9. The third-order valence-corrected chi connectivity index (χ3v) is 5.06. The SMILES string of the molecule is COC(=O)C1CCc2cc(O)c(O)cc2C1c1cc(OC)c(O)c(OC)c1. The Morgan fingerprint density at radius 1 is 0.963 bits per heavy atom. The van der Waals surface area contributed by atoms with Crippen molar-refractivity contribution < 1.29 is 34.3 Å². The van der Waals surface area contributed by atoms with Crippen molar-refractivity contribution in [2.75, 3.05) is 21.3 Å². The summed E-state index contributed by atoms with van der Waals surface area (Å²) in [6.45, 7) is 0. The van der Waals surface area contributed by atoms with Gasteiger partial charge in [-0.25, -0.2) is 0 Å². The van der Waals surface area contributed by atoms with E-state index in [2.05, 4.69) is 0 Å². The van der Waals surface area contributed by atoms with Crippen LogP contribution >= 0.6 is 0 Å². The molecule has 0 amide bonds. The summed E-state index contributed by atoms with van der Waals surface area (Å²) < 4.78 is 15.5. The summed E-state index contributed by atoms with van der Waals surface area (Å²) in [5.41, 5.74) is 2.21. The van der Waals surface area contributed by atoms with Crippen LogP contribution in [-0.2, 0) is 16.0 Å². The topological polar surface area (TPSA) is 105 Å². The molecule has 7 heteroatoms. The number of ether oxygens (including phenoxy) is 3. The van der Waals surface area contributed by atoms with Gasteiger partial charge in [-0.1, -0.05) is 0 Å². The number of aryl methyl sites for hydroxylation is 1. The van der Waals surface area contributed by atoms with E-state index in [0.717, 1.165) is 5.56 Å². The molecule has 0 bridgehead atoms. The number of hydrogen-bond donors (Lipinski definition) is 3. The summed E-state index contributed by atoms with van der Waals surface area (Å²) in [7, 11) is 4.19. The molecule has 3 rings (SSSR count). The Morgan fingerprint density at radius 2 is 1.56 bits per heavy atom. The van der Waals surface area contributed by atoms with Crippen molar-refractivity contribution in [3.8, 4) is 28.7 Å². The first-order valence-electron chi connectivity index (χ1n) is 8.48. The molecule has 0 saturated carbocycles. The van der Waals surface area contributed by atoms with E-state index in [9.17, 15) is 20.1 Å². The third-order valence-electron chi connectivity index (χ3n) is 5.06. The van der Waals surface area contributed by atoms with Crippen molar-refractivity contribution >= 4 is 5.97 Å². The highest BCUT2D eigenvalue weighted by Crippen LogP contribution is 2.48. The molecule has 1 aliphatic rings. The molecular weight excluding hydrogens is 352 g/mol. The van der Waals surface area contributed by atoms with Crippen LogP contribution in [0, 0.1) is 5.92 Å². The van der Waals surface area contributed by atoms with E-state index in [-0.39, 0.29) is 34.7 Å². The highest BCUT2D eigenvalue weighted by molar-refractivity contribution is 5.76. The van der Waals surface area contributed by atoms with Crippen LogP contribution in [0.3, 0.4) is 0 Å². The molecule has 144 valence electrons. The van der Waals surface area contributed by atoms with E-state index >= 15 is 0 Å². The van der Waals surface area contributed by atoms with Gasteiger partial charge in [0.15, 0.2) is 23.0 Å².